The molecule has 4 heteroatoms. The summed E-state index contributed by atoms with van der Waals surface area (Å²) in [4.78, 5) is 0. The number of rotatable bonds is 5. The lowest BCUT2D eigenvalue weighted by atomic mass is 10.2. The number of halogens is 2. The van der Waals surface area contributed by atoms with Crippen LogP contribution in [0.4, 0.5) is 0 Å². The molecule has 0 aliphatic carbocycles. The van der Waals surface area contributed by atoms with Gasteiger partial charge in [0.05, 0.1) is 6.61 Å². The van der Waals surface area contributed by atoms with Gasteiger partial charge in [0.2, 0.25) is 0 Å². The van der Waals surface area contributed by atoms with Crippen LogP contribution in [0.25, 0.3) is 0 Å². The van der Waals surface area contributed by atoms with Gasteiger partial charge in [-0.25, -0.2) is 0 Å². The fourth-order valence-corrected chi connectivity index (χ4v) is 1.00. The van der Waals surface area contributed by atoms with E-state index in [0.29, 0.717) is 6.61 Å². The SMILES string of the molecule is ClC(Cl)=COCOCc1ccccc1. The Kier molecular flexibility index (Phi) is 5.45. The standard InChI is InChI=1S/C10H10Cl2O2/c11-10(12)7-14-8-13-6-9-4-2-1-3-5-9/h1-5,7H,6,8H2. The van der Waals surface area contributed by atoms with E-state index in [1.165, 1.54) is 6.26 Å². The predicted octanol–water partition coefficient (Wildman–Crippen LogP) is 3.45. The first kappa shape index (κ1) is 11.4. The van der Waals surface area contributed by atoms with E-state index < -0.39 is 0 Å². The van der Waals surface area contributed by atoms with Crippen LogP contribution >= 0.6 is 23.2 Å². The monoisotopic (exact) mass is 232 g/mol. The molecule has 0 radical (unpaired) electrons. The van der Waals surface area contributed by atoms with Crippen molar-refractivity contribution in [3.05, 3.63) is 46.6 Å². The summed E-state index contributed by atoms with van der Waals surface area (Å²) < 4.78 is 10.1. The van der Waals surface area contributed by atoms with Gasteiger partial charge >= 0.3 is 0 Å². The average Bonchev–Trinajstić information content (AvgIpc) is 2.18. The van der Waals surface area contributed by atoms with Gasteiger partial charge in [0.1, 0.15) is 10.8 Å². The van der Waals surface area contributed by atoms with Crippen LogP contribution < -0.4 is 0 Å². The molecule has 0 heterocycles. The first-order chi connectivity index (χ1) is 6.79. The molecule has 1 aromatic carbocycles. The minimum atomic E-state index is 0.0771. The molecule has 0 N–H and O–H groups in total. The van der Waals surface area contributed by atoms with Crippen LogP contribution in [0.1, 0.15) is 5.56 Å². The lowest BCUT2D eigenvalue weighted by Gasteiger charge is -2.03. The summed E-state index contributed by atoms with van der Waals surface area (Å²) in [5.41, 5.74) is 1.09. The topological polar surface area (TPSA) is 18.5 Å². The van der Waals surface area contributed by atoms with E-state index >= 15 is 0 Å². The van der Waals surface area contributed by atoms with Crippen LogP contribution in [0.2, 0.25) is 0 Å². The highest BCUT2D eigenvalue weighted by Gasteiger charge is 1.90. The zero-order valence-electron chi connectivity index (χ0n) is 7.45. The first-order valence-electron chi connectivity index (χ1n) is 4.03. The number of benzene rings is 1. The van der Waals surface area contributed by atoms with E-state index in [2.05, 4.69) is 0 Å². The second kappa shape index (κ2) is 6.71. The normalized spacial score (nSPS) is 9.57. The van der Waals surface area contributed by atoms with E-state index in [4.69, 9.17) is 32.7 Å². The molecule has 14 heavy (non-hydrogen) atoms. The fourth-order valence-electron chi connectivity index (χ4n) is 0.879. The molecule has 0 saturated carbocycles. The molecule has 0 amide bonds. The van der Waals surface area contributed by atoms with Crippen molar-refractivity contribution in [3.8, 4) is 0 Å². The van der Waals surface area contributed by atoms with Crippen LogP contribution in [0, 0.1) is 0 Å². The predicted molar refractivity (Wildman–Crippen MR) is 57.0 cm³/mol. The van der Waals surface area contributed by atoms with E-state index in [1.807, 2.05) is 30.3 Å². The molecular formula is C10H10Cl2O2. The Labute approximate surface area is 93.0 Å². The molecule has 0 atom stereocenters. The molecule has 0 unspecified atom stereocenters. The summed E-state index contributed by atoms with van der Waals surface area (Å²) in [6.07, 6.45) is 1.23. The minimum Gasteiger partial charge on any atom is -0.473 e. The van der Waals surface area contributed by atoms with Crippen LogP contribution in [-0.2, 0) is 16.1 Å². The smallest absolute Gasteiger partial charge is 0.188 e. The van der Waals surface area contributed by atoms with Crippen molar-refractivity contribution < 1.29 is 9.47 Å². The third-order valence-electron chi connectivity index (χ3n) is 1.44. The maximum absolute atomic E-state index is 5.32. The van der Waals surface area contributed by atoms with Crippen LogP contribution in [-0.4, -0.2) is 6.79 Å². The molecule has 0 fully saturated rings. The van der Waals surface area contributed by atoms with Crippen molar-refractivity contribution in [2.24, 2.45) is 0 Å². The molecule has 0 saturated heterocycles. The number of hydrogen-bond donors (Lipinski definition) is 0. The summed E-state index contributed by atoms with van der Waals surface area (Å²) in [6, 6.07) is 9.81. The molecule has 0 aliphatic heterocycles. The first-order valence-corrected chi connectivity index (χ1v) is 4.79. The van der Waals surface area contributed by atoms with Gasteiger partial charge in [-0.1, -0.05) is 53.5 Å². The quantitative estimate of drug-likeness (QED) is 0.440. The Morgan fingerprint density at radius 1 is 1.21 bits per heavy atom. The fraction of sp³-hybridized carbons (Fsp3) is 0.200. The van der Waals surface area contributed by atoms with Gasteiger partial charge in [-0.15, -0.1) is 0 Å². The Hall–Kier alpha value is -0.700. The van der Waals surface area contributed by atoms with Crippen LogP contribution in [0.5, 0.6) is 0 Å². The molecule has 2 nitrogen and oxygen atoms in total. The van der Waals surface area contributed by atoms with Crippen molar-refractivity contribution in [1.29, 1.82) is 0 Å². The molecule has 76 valence electrons. The van der Waals surface area contributed by atoms with E-state index in [0.717, 1.165) is 5.56 Å². The zero-order valence-corrected chi connectivity index (χ0v) is 8.96. The van der Waals surface area contributed by atoms with Gasteiger partial charge in [-0.2, -0.15) is 0 Å². The highest BCUT2D eigenvalue weighted by atomic mass is 35.5. The maximum atomic E-state index is 5.32. The molecular weight excluding hydrogens is 223 g/mol. The Morgan fingerprint density at radius 2 is 1.93 bits per heavy atom. The van der Waals surface area contributed by atoms with Crippen molar-refractivity contribution in [2.75, 3.05) is 6.79 Å². The van der Waals surface area contributed by atoms with E-state index in [-0.39, 0.29) is 11.3 Å². The summed E-state index contributed by atoms with van der Waals surface area (Å²) in [5, 5.41) is 0. The van der Waals surface area contributed by atoms with E-state index in [1.54, 1.807) is 0 Å². The van der Waals surface area contributed by atoms with Crippen molar-refractivity contribution in [2.45, 2.75) is 6.61 Å². The number of ether oxygens (including phenoxy) is 2. The highest BCUT2D eigenvalue weighted by Crippen LogP contribution is 2.06. The van der Waals surface area contributed by atoms with Gasteiger partial charge in [0, 0.05) is 0 Å². The Bertz CT molecular complexity index is 281. The van der Waals surface area contributed by atoms with Crippen LogP contribution in [0.15, 0.2) is 41.1 Å². The number of hydrogen-bond acceptors (Lipinski definition) is 2. The van der Waals surface area contributed by atoms with Crippen LogP contribution in [0.3, 0.4) is 0 Å². The van der Waals surface area contributed by atoms with Crippen molar-refractivity contribution in [1.82, 2.24) is 0 Å². The largest absolute Gasteiger partial charge is 0.473 e. The van der Waals surface area contributed by atoms with Gasteiger partial charge in [0.25, 0.3) is 0 Å². The molecule has 1 rings (SSSR count). The third kappa shape index (κ3) is 5.12. The summed E-state index contributed by atoms with van der Waals surface area (Å²) in [6.45, 7) is 0.645. The average molecular weight is 233 g/mol. The Morgan fingerprint density at radius 3 is 2.57 bits per heavy atom. The molecule has 0 aliphatic rings. The summed E-state index contributed by atoms with van der Waals surface area (Å²) in [5.74, 6) is 0. The Balaban J connectivity index is 2.14. The van der Waals surface area contributed by atoms with Gasteiger partial charge in [-0.3, -0.25) is 0 Å². The van der Waals surface area contributed by atoms with E-state index in [9.17, 15) is 0 Å². The molecule has 1 aromatic rings. The van der Waals surface area contributed by atoms with Crippen molar-refractivity contribution >= 4 is 23.2 Å². The lowest BCUT2D eigenvalue weighted by Crippen LogP contribution is -1.96. The third-order valence-corrected chi connectivity index (χ3v) is 1.61. The van der Waals surface area contributed by atoms with Gasteiger partial charge in [0.15, 0.2) is 6.79 Å². The molecule has 0 spiro atoms. The zero-order chi connectivity index (χ0) is 10.2. The summed E-state index contributed by atoms with van der Waals surface area (Å²) in [7, 11) is 0. The minimum absolute atomic E-state index is 0.0771. The second-order valence-electron chi connectivity index (χ2n) is 2.53. The molecule has 0 aromatic heterocycles. The van der Waals surface area contributed by atoms with Gasteiger partial charge in [-0.05, 0) is 5.56 Å². The van der Waals surface area contributed by atoms with Gasteiger partial charge < -0.3 is 9.47 Å². The lowest BCUT2D eigenvalue weighted by molar-refractivity contribution is -0.0206. The molecule has 0 bridgehead atoms. The maximum Gasteiger partial charge on any atom is 0.188 e. The van der Waals surface area contributed by atoms with Crippen molar-refractivity contribution in [3.63, 3.8) is 0 Å². The second-order valence-corrected chi connectivity index (χ2v) is 3.53. The highest BCUT2D eigenvalue weighted by molar-refractivity contribution is 6.55. The summed E-state index contributed by atoms with van der Waals surface area (Å²) >= 11 is 10.6.